The van der Waals surface area contributed by atoms with Crippen LogP contribution in [0, 0.1) is 20.2 Å². The molecule has 0 saturated heterocycles. The van der Waals surface area contributed by atoms with Gasteiger partial charge in [0.25, 0.3) is 5.69 Å². The van der Waals surface area contributed by atoms with Crippen molar-refractivity contribution in [2.75, 3.05) is 5.43 Å². The number of nitrogens with zero attached hydrogens (tertiary/aromatic N) is 3. The van der Waals surface area contributed by atoms with Gasteiger partial charge in [-0.15, -0.1) is 0 Å². The Labute approximate surface area is 186 Å². The smallest absolute Gasteiger partial charge is 0.301 e. The van der Waals surface area contributed by atoms with Crippen LogP contribution in [-0.4, -0.2) is 16.1 Å². The lowest BCUT2D eigenvalue weighted by Gasteiger charge is -2.11. The third-order valence-corrected chi connectivity index (χ3v) is 4.60. The highest BCUT2D eigenvalue weighted by molar-refractivity contribution is 6.37. The van der Waals surface area contributed by atoms with Gasteiger partial charge in [0.1, 0.15) is 12.3 Å². The van der Waals surface area contributed by atoms with E-state index in [1.165, 1.54) is 12.3 Å². The Kier molecular flexibility index (Phi) is 7.01. The molecule has 0 amide bonds. The Hall–Kier alpha value is -3.69. The first-order valence-electron chi connectivity index (χ1n) is 8.73. The number of benzene rings is 3. The van der Waals surface area contributed by atoms with Crippen molar-refractivity contribution in [1.29, 1.82) is 0 Å². The Bertz CT molecular complexity index is 1130. The van der Waals surface area contributed by atoms with Gasteiger partial charge >= 0.3 is 5.69 Å². The molecule has 31 heavy (non-hydrogen) atoms. The molecule has 0 spiro atoms. The molecule has 0 aromatic heterocycles. The first-order valence-corrected chi connectivity index (χ1v) is 9.48. The standard InChI is InChI=1S/C20H14Cl2N4O5/c21-16-8-14(9-17(22)20(16)31-12-13-4-2-1-3-5-13)11-23-24-18-7-6-15(25(27)28)10-19(18)26(29)30/h1-11,24H,12H2/b23-11-. The van der Waals surface area contributed by atoms with E-state index in [-0.39, 0.29) is 15.7 Å². The van der Waals surface area contributed by atoms with Crippen molar-refractivity contribution in [3.8, 4) is 5.75 Å². The Morgan fingerprint density at radius 1 is 0.968 bits per heavy atom. The Balaban J connectivity index is 1.73. The molecule has 0 aliphatic carbocycles. The Morgan fingerprint density at radius 3 is 2.26 bits per heavy atom. The van der Waals surface area contributed by atoms with Gasteiger partial charge in [-0.2, -0.15) is 5.10 Å². The van der Waals surface area contributed by atoms with Gasteiger partial charge in [-0.1, -0.05) is 53.5 Å². The van der Waals surface area contributed by atoms with Crippen LogP contribution in [0.25, 0.3) is 0 Å². The number of anilines is 1. The highest BCUT2D eigenvalue weighted by Gasteiger charge is 2.19. The molecule has 9 nitrogen and oxygen atoms in total. The van der Waals surface area contributed by atoms with Gasteiger partial charge in [-0.3, -0.25) is 25.7 Å². The lowest BCUT2D eigenvalue weighted by Crippen LogP contribution is -1.99. The molecular formula is C20H14Cl2N4O5. The van der Waals surface area contributed by atoms with Gasteiger partial charge in [-0.05, 0) is 29.3 Å². The second-order valence-corrected chi connectivity index (χ2v) is 6.99. The maximum atomic E-state index is 11.2. The van der Waals surface area contributed by atoms with E-state index in [0.29, 0.717) is 17.9 Å². The predicted molar refractivity (Wildman–Crippen MR) is 118 cm³/mol. The van der Waals surface area contributed by atoms with E-state index >= 15 is 0 Å². The number of nitrogens with one attached hydrogen (secondary N) is 1. The van der Waals surface area contributed by atoms with Crippen LogP contribution < -0.4 is 10.2 Å². The molecule has 158 valence electrons. The van der Waals surface area contributed by atoms with Crippen LogP contribution in [0.2, 0.25) is 10.0 Å². The number of nitro groups is 2. The maximum absolute atomic E-state index is 11.2. The van der Waals surface area contributed by atoms with E-state index < -0.39 is 21.2 Å². The van der Waals surface area contributed by atoms with E-state index in [1.54, 1.807) is 12.1 Å². The number of hydrogen-bond donors (Lipinski definition) is 1. The quantitative estimate of drug-likeness (QED) is 0.256. The topological polar surface area (TPSA) is 120 Å². The number of halogens is 2. The summed E-state index contributed by atoms with van der Waals surface area (Å²) < 4.78 is 5.70. The van der Waals surface area contributed by atoms with Gasteiger partial charge in [0.2, 0.25) is 0 Å². The second kappa shape index (κ2) is 9.88. The minimum Gasteiger partial charge on any atom is -0.486 e. The van der Waals surface area contributed by atoms with Crippen LogP contribution in [0.5, 0.6) is 5.75 Å². The monoisotopic (exact) mass is 460 g/mol. The minimum absolute atomic E-state index is 0.00754. The summed E-state index contributed by atoms with van der Waals surface area (Å²) in [6.45, 7) is 0.291. The molecule has 3 aromatic rings. The van der Waals surface area contributed by atoms with E-state index in [2.05, 4.69) is 10.5 Å². The number of nitro benzene ring substituents is 2. The van der Waals surface area contributed by atoms with Crippen LogP contribution in [0.1, 0.15) is 11.1 Å². The number of hydrazone groups is 1. The average molecular weight is 461 g/mol. The van der Waals surface area contributed by atoms with Gasteiger partial charge in [0, 0.05) is 6.07 Å². The summed E-state index contributed by atoms with van der Waals surface area (Å²) in [4.78, 5) is 20.5. The molecule has 0 aliphatic rings. The zero-order valence-corrected chi connectivity index (χ0v) is 17.2. The molecule has 1 N–H and O–H groups in total. The van der Waals surface area contributed by atoms with Gasteiger partial charge in [-0.25, -0.2) is 0 Å². The minimum atomic E-state index is -0.739. The summed E-state index contributed by atoms with van der Waals surface area (Å²) in [5.41, 5.74) is 3.08. The third kappa shape index (κ3) is 5.68. The van der Waals surface area contributed by atoms with Crippen molar-refractivity contribution in [3.05, 3.63) is 102 Å². The fourth-order valence-electron chi connectivity index (χ4n) is 2.58. The van der Waals surface area contributed by atoms with Gasteiger partial charge in [0.15, 0.2) is 5.75 Å². The number of ether oxygens (including phenoxy) is 1. The normalized spacial score (nSPS) is 10.8. The zero-order chi connectivity index (χ0) is 22.4. The van der Waals surface area contributed by atoms with Crippen molar-refractivity contribution >= 4 is 46.5 Å². The van der Waals surface area contributed by atoms with Crippen molar-refractivity contribution < 1.29 is 14.6 Å². The van der Waals surface area contributed by atoms with E-state index in [9.17, 15) is 20.2 Å². The van der Waals surface area contributed by atoms with Gasteiger partial charge < -0.3 is 4.74 Å². The highest BCUT2D eigenvalue weighted by atomic mass is 35.5. The first kappa shape index (κ1) is 22.0. The molecule has 11 heteroatoms. The van der Waals surface area contributed by atoms with Crippen LogP contribution in [0.15, 0.2) is 65.8 Å². The molecule has 3 aromatic carbocycles. The maximum Gasteiger partial charge on any atom is 0.301 e. The van der Waals surface area contributed by atoms with Crippen LogP contribution in [0.4, 0.5) is 17.1 Å². The summed E-state index contributed by atoms with van der Waals surface area (Å²) in [5.74, 6) is 0.323. The lowest BCUT2D eigenvalue weighted by atomic mass is 10.2. The fourth-order valence-corrected chi connectivity index (χ4v) is 3.19. The summed E-state index contributed by atoms with van der Waals surface area (Å²) in [5, 5.41) is 26.4. The molecule has 0 radical (unpaired) electrons. The largest absolute Gasteiger partial charge is 0.486 e. The molecule has 0 atom stereocenters. The van der Waals surface area contributed by atoms with E-state index in [1.807, 2.05) is 30.3 Å². The summed E-state index contributed by atoms with van der Waals surface area (Å²) in [6.07, 6.45) is 1.35. The van der Waals surface area contributed by atoms with Crippen molar-refractivity contribution in [1.82, 2.24) is 0 Å². The van der Waals surface area contributed by atoms with E-state index in [0.717, 1.165) is 17.7 Å². The number of non-ortho nitro benzene ring substituents is 1. The SMILES string of the molecule is O=[N+]([O-])c1ccc(N/N=C\c2cc(Cl)c(OCc3ccccc3)c(Cl)c2)c([N+](=O)[O-])c1. The molecule has 0 aliphatic heterocycles. The summed E-state index contributed by atoms with van der Waals surface area (Å²) in [7, 11) is 0. The van der Waals surface area contributed by atoms with Gasteiger partial charge in [0.05, 0.1) is 32.2 Å². The molecule has 0 saturated carbocycles. The van der Waals surface area contributed by atoms with Crippen molar-refractivity contribution in [3.63, 3.8) is 0 Å². The summed E-state index contributed by atoms with van der Waals surface area (Å²) >= 11 is 12.5. The fraction of sp³-hybridized carbons (Fsp3) is 0.0500. The Morgan fingerprint density at radius 2 is 1.65 bits per heavy atom. The van der Waals surface area contributed by atoms with Crippen LogP contribution in [-0.2, 0) is 6.61 Å². The van der Waals surface area contributed by atoms with Crippen molar-refractivity contribution in [2.24, 2.45) is 5.10 Å². The number of hydrogen-bond acceptors (Lipinski definition) is 7. The average Bonchev–Trinajstić information content (AvgIpc) is 2.74. The number of rotatable bonds is 8. The zero-order valence-electron chi connectivity index (χ0n) is 15.7. The highest BCUT2D eigenvalue weighted by Crippen LogP contribution is 2.34. The summed E-state index contributed by atoms with van der Waals surface area (Å²) in [6, 6.07) is 15.8. The molecule has 0 heterocycles. The predicted octanol–water partition coefficient (Wildman–Crippen LogP) is 5.83. The molecular weight excluding hydrogens is 447 g/mol. The first-order chi connectivity index (χ1) is 14.8. The molecule has 0 bridgehead atoms. The second-order valence-electron chi connectivity index (χ2n) is 6.17. The van der Waals surface area contributed by atoms with Crippen LogP contribution in [0.3, 0.4) is 0 Å². The van der Waals surface area contributed by atoms with Crippen LogP contribution >= 0.6 is 23.2 Å². The molecule has 3 rings (SSSR count). The van der Waals surface area contributed by atoms with Crippen molar-refractivity contribution in [2.45, 2.75) is 6.61 Å². The molecule has 0 fully saturated rings. The van der Waals surface area contributed by atoms with E-state index in [4.69, 9.17) is 27.9 Å². The third-order valence-electron chi connectivity index (χ3n) is 4.03. The molecule has 0 unspecified atom stereocenters. The lowest BCUT2D eigenvalue weighted by molar-refractivity contribution is -0.393.